The van der Waals surface area contributed by atoms with E-state index in [2.05, 4.69) is 32.1 Å². The number of fused-ring (bicyclic) bond motifs is 1. The van der Waals surface area contributed by atoms with Gasteiger partial charge < -0.3 is 14.5 Å². The number of carbonyl (C=O) groups excluding carboxylic acids is 1. The van der Waals surface area contributed by atoms with Crippen molar-refractivity contribution in [3.05, 3.63) is 94.7 Å². The molecule has 1 amide bonds. The first-order chi connectivity index (χ1) is 17.7. The number of furan rings is 1. The normalized spacial score (nSPS) is 12.7. The predicted molar refractivity (Wildman–Crippen MR) is 138 cm³/mol. The molecule has 1 aliphatic rings. The van der Waals surface area contributed by atoms with E-state index in [1.165, 1.54) is 41.8 Å². The Kier molecular flexibility index (Phi) is 6.66. The van der Waals surface area contributed by atoms with Crippen molar-refractivity contribution in [3.8, 4) is 5.75 Å². The molecular formula is C27H26N4O5S. The molecule has 37 heavy (non-hydrogen) atoms. The van der Waals surface area contributed by atoms with Crippen LogP contribution in [0.3, 0.4) is 0 Å². The van der Waals surface area contributed by atoms with Crippen LogP contribution in [-0.2, 0) is 29.5 Å². The van der Waals surface area contributed by atoms with Crippen LogP contribution in [0.4, 0.5) is 11.6 Å². The van der Waals surface area contributed by atoms with Gasteiger partial charge in [0, 0.05) is 17.1 Å². The van der Waals surface area contributed by atoms with E-state index in [0.29, 0.717) is 22.8 Å². The van der Waals surface area contributed by atoms with Gasteiger partial charge in [0.1, 0.15) is 18.1 Å². The Morgan fingerprint density at radius 2 is 1.68 bits per heavy atom. The van der Waals surface area contributed by atoms with E-state index < -0.39 is 15.9 Å². The Balaban J connectivity index is 1.18. The molecule has 0 aliphatic heterocycles. The van der Waals surface area contributed by atoms with Crippen LogP contribution in [0.5, 0.6) is 5.75 Å². The van der Waals surface area contributed by atoms with E-state index in [-0.39, 0.29) is 23.2 Å². The highest BCUT2D eigenvalue weighted by atomic mass is 32.2. The van der Waals surface area contributed by atoms with Crippen molar-refractivity contribution in [1.82, 2.24) is 9.97 Å². The molecule has 5 rings (SSSR count). The predicted octanol–water partition coefficient (Wildman–Crippen LogP) is 4.81. The summed E-state index contributed by atoms with van der Waals surface area (Å²) in [5.74, 6) is 0.964. The van der Waals surface area contributed by atoms with Crippen LogP contribution in [-0.4, -0.2) is 24.3 Å². The minimum Gasteiger partial charge on any atom is -0.486 e. The Bertz CT molecular complexity index is 1540. The van der Waals surface area contributed by atoms with Gasteiger partial charge in [0.05, 0.1) is 4.90 Å². The van der Waals surface area contributed by atoms with E-state index in [0.717, 1.165) is 18.6 Å². The maximum Gasteiger partial charge on any atom is 0.291 e. The zero-order chi connectivity index (χ0) is 26.0. The average Bonchev–Trinajstić information content (AvgIpc) is 3.51. The zero-order valence-electron chi connectivity index (χ0n) is 20.4. The van der Waals surface area contributed by atoms with E-state index in [1.54, 1.807) is 32.0 Å². The van der Waals surface area contributed by atoms with Gasteiger partial charge in [0.25, 0.3) is 15.9 Å². The standard InChI is InChI=1S/C27H26N4O5S/c1-17-14-18(2)29-27(28-17)31-37(33,34)24-11-7-21(8-12-24)30-26(32)25-13-10-23(36-25)16-35-22-9-6-19-4-3-5-20(19)15-22/h6-15H,3-5,16H2,1-2H3,(H,30,32)(H,28,29,31). The molecule has 10 heteroatoms. The summed E-state index contributed by atoms with van der Waals surface area (Å²) in [6, 6.07) is 16.9. The summed E-state index contributed by atoms with van der Waals surface area (Å²) in [4.78, 5) is 20.8. The summed E-state index contributed by atoms with van der Waals surface area (Å²) >= 11 is 0. The molecule has 1 aliphatic carbocycles. The summed E-state index contributed by atoms with van der Waals surface area (Å²) in [6.45, 7) is 3.72. The topological polar surface area (TPSA) is 123 Å². The lowest BCUT2D eigenvalue weighted by atomic mass is 10.1. The number of hydrogen-bond acceptors (Lipinski definition) is 7. The fourth-order valence-corrected chi connectivity index (χ4v) is 5.17. The van der Waals surface area contributed by atoms with Crippen LogP contribution >= 0.6 is 0 Å². The second kappa shape index (κ2) is 10.1. The van der Waals surface area contributed by atoms with Crippen molar-refractivity contribution in [2.45, 2.75) is 44.6 Å². The number of amides is 1. The number of benzene rings is 2. The fourth-order valence-electron chi connectivity index (χ4n) is 4.23. The molecular weight excluding hydrogens is 492 g/mol. The molecule has 190 valence electrons. The smallest absolute Gasteiger partial charge is 0.291 e. The molecule has 9 nitrogen and oxygen atoms in total. The minimum atomic E-state index is -3.89. The van der Waals surface area contributed by atoms with Crippen molar-refractivity contribution in [3.63, 3.8) is 0 Å². The molecule has 4 aromatic rings. The number of rotatable bonds is 8. The molecule has 0 unspecified atom stereocenters. The van der Waals surface area contributed by atoms with Crippen LogP contribution in [0.25, 0.3) is 0 Å². The van der Waals surface area contributed by atoms with Crippen molar-refractivity contribution in [2.24, 2.45) is 0 Å². The van der Waals surface area contributed by atoms with Gasteiger partial charge in [-0.15, -0.1) is 0 Å². The summed E-state index contributed by atoms with van der Waals surface area (Å²) in [7, 11) is -3.89. The summed E-state index contributed by atoms with van der Waals surface area (Å²) in [5, 5.41) is 2.70. The molecule has 0 bridgehead atoms. The van der Waals surface area contributed by atoms with Crippen LogP contribution in [0.1, 0.15) is 45.3 Å². The lowest BCUT2D eigenvalue weighted by Crippen LogP contribution is -2.16. The maximum atomic E-state index is 12.7. The largest absolute Gasteiger partial charge is 0.486 e. The quantitative estimate of drug-likeness (QED) is 0.343. The number of sulfonamides is 1. The molecule has 0 radical (unpaired) electrons. The average molecular weight is 519 g/mol. The van der Waals surface area contributed by atoms with Crippen molar-refractivity contribution >= 4 is 27.6 Å². The molecule has 0 spiro atoms. The maximum absolute atomic E-state index is 12.7. The third-order valence-corrected chi connectivity index (χ3v) is 7.31. The monoisotopic (exact) mass is 518 g/mol. The molecule has 0 fully saturated rings. The number of nitrogens with one attached hydrogen (secondary N) is 2. The van der Waals surface area contributed by atoms with Crippen LogP contribution in [0, 0.1) is 13.8 Å². The first kappa shape index (κ1) is 24.5. The van der Waals surface area contributed by atoms with E-state index in [4.69, 9.17) is 9.15 Å². The highest BCUT2D eigenvalue weighted by molar-refractivity contribution is 7.92. The lowest BCUT2D eigenvalue weighted by Gasteiger charge is -2.09. The van der Waals surface area contributed by atoms with Gasteiger partial charge >= 0.3 is 0 Å². The van der Waals surface area contributed by atoms with E-state index >= 15 is 0 Å². The SMILES string of the molecule is Cc1cc(C)nc(NS(=O)(=O)c2ccc(NC(=O)c3ccc(COc4ccc5c(c4)CCC5)o3)cc2)n1. The lowest BCUT2D eigenvalue weighted by molar-refractivity contribution is 0.0992. The van der Waals surface area contributed by atoms with Gasteiger partial charge in [-0.25, -0.2) is 23.1 Å². The number of carbonyl (C=O) groups is 1. The van der Waals surface area contributed by atoms with Crippen molar-refractivity contribution < 1.29 is 22.4 Å². The first-order valence-corrected chi connectivity index (χ1v) is 13.3. The third kappa shape index (κ3) is 5.80. The van der Waals surface area contributed by atoms with Crippen LogP contribution in [0.2, 0.25) is 0 Å². The first-order valence-electron chi connectivity index (χ1n) is 11.8. The van der Waals surface area contributed by atoms with Crippen LogP contribution in [0.15, 0.2) is 70.0 Å². The molecule has 2 N–H and O–H groups in total. The van der Waals surface area contributed by atoms with Crippen molar-refractivity contribution in [1.29, 1.82) is 0 Å². The minimum absolute atomic E-state index is 0.00339. The van der Waals surface area contributed by atoms with Gasteiger partial charge in [0.2, 0.25) is 5.95 Å². The van der Waals surface area contributed by atoms with Gasteiger partial charge in [0.15, 0.2) is 5.76 Å². The summed E-state index contributed by atoms with van der Waals surface area (Å²) in [6.07, 6.45) is 3.36. The molecule has 2 aromatic heterocycles. The fraction of sp³-hybridized carbons (Fsp3) is 0.222. The third-order valence-electron chi connectivity index (χ3n) is 5.97. The van der Waals surface area contributed by atoms with Crippen LogP contribution < -0.4 is 14.8 Å². The van der Waals surface area contributed by atoms with Gasteiger partial charge in [-0.2, -0.15) is 0 Å². The second-order valence-electron chi connectivity index (χ2n) is 8.90. The summed E-state index contributed by atoms with van der Waals surface area (Å²) < 4.78 is 39.2. The highest BCUT2D eigenvalue weighted by Crippen LogP contribution is 2.26. The number of hydrogen-bond donors (Lipinski definition) is 2. The van der Waals surface area contributed by atoms with E-state index in [9.17, 15) is 13.2 Å². The number of ether oxygens (including phenoxy) is 1. The number of aromatic nitrogens is 2. The summed E-state index contributed by atoms with van der Waals surface area (Å²) in [5.41, 5.74) is 4.42. The Labute approximate surface area is 215 Å². The molecule has 2 heterocycles. The molecule has 0 saturated carbocycles. The number of anilines is 2. The zero-order valence-corrected chi connectivity index (χ0v) is 21.3. The second-order valence-corrected chi connectivity index (χ2v) is 10.6. The Morgan fingerprint density at radius 1 is 0.946 bits per heavy atom. The molecule has 0 atom stereocenters. The Morgan fingerprint density at radius 3 is 2.43 bits per heavy atom. The molecule has 0 saturated heterocycles. The van der Waals surface area contributed by atoms with Crippen molar-refractivity contribution in [2.75, 3.05) is 10.0 Å². The van der Waals surface area contributed by atoms with E-state index in [1.807, 2.05) is 6.07 Å². The Hall–Kier alpha value is -4.18. The number of nitrogens with zero attached hydrogens (tertiary/aromatic N) is 2. The van der Waals surface area contributed by atoms with Gasteiger partial charge in [-0.1, -0.05) is 6.07 Å². The van der Waals surface area contributed by atoms with Gasteiger partial charge in [-0.3, -0.25) is 4.79 Å². The van der Waals surface area contributed by atoms with Gasteiger partial charge in [-0.05, 0) is 98.8 Å². The number of aryl methyl sites for hydroxylation is 4. The highest BCUT2D eigenvalue weighted by Gasteiger charge is 2.18. The molecule has 2 aromatic carbocycles.